The molecule has 1 aromatic carbocycles. The largest absolute Gasteiger partial charge is 0.348 e. The van der Waals surface area contributed by atoms with E-state index < -0.39 is 0 Å². The lowest BCUT2D eigenvalue weighted by molar-refractivity contribution is 0.262. The van der Waals surface area contributed by atoms with Crippen LogP contribution < -0.4 is 10.6 Å². The highest BCUT2D eigenvalue weighted by Gasteiger charge is 2.05. The maximum absolute atomic E-state index is 11.5. The van der Waals surface area contributed by atoms with Gasteiger partial charge in [-0.3, -0.25) is 5.32 Å². The van der Waals surface area contributed by atoms with E-state index in [0.717, 1.165) is 5.69 Å². The number of anilines is 2. The number of carbonyl (C=O) groups excluding carboxylic acids is 1. The molecule has 0 fully saturated rings. The van der Waals surface area contributed by atoms with Gasteiger partial charge in [-0.15, -0.1) is 0 Å². The van der Waals surface area contributed by atoms with Crippen LogP contribution in [0.3, 0.4) is 0 Å². The zero-order valence-electron chi connectivity index (χ0n) is 8.11. The van der Waals surface area contributed by atoms with Gasteiger partial charge in [-0.05, 0) is 12.1 Å². The third-order valence-electron chi connectivity index (χ3n) is 1.75. The van der Waals surface area contributed by atoms with E-state index in [9.17, 15) is 4.79 Å². The number of urea groups is 1. The molecule has 2 N–H and O–H groups in total. The minimum atomic E-state index is -0.351. The van der Waals surface area contributed by atoms with E-state index >= 15 is 0 Å². The Balaban J connectivity index is 1.95. The van der Waals surface area contributed by atoms with Crippen molar-refractivity contribution in [1.82, 2.24) is 5.16 Å². The van der Waals surface area contributed by atoms with Crippen molar-refractivity contribution in [2.45, 2.75) is 0 Å². The average Bonchev–Trinajstić information content (AvgIpc) is 2.65. The molecule has 2 aromatic rings. The van der Waals surface area contributed by atoms with Gasteiger partial charge in [0.1, 0.15) is 0 Å². The fraction of sp³-hybridized carbons (Fsp3) is 0. The Bertz CT molecular complexity index is 484. The van der Waals surface area contributed by atoms with Crippen molar-refractivity contribution in [2.75, 3.05) is 10.6 Å². The number of benzene rings is 1. The van der Waals surface area contributed by atoms with Gasteiger partial charge in [0.05, 0.1) is 0 Å². The SMILES string of the molecule is O=C(Nc1ccccc1)Nc1cc(I)on1. The molecule has 16 heavy (non-hydrogen) atoms. The molecule has 0 spiro atoms. The van der Waals surface area contributed by atoms with Crippen LogP contribution in [0.4, 0.5) is 16.3 Å². The molecule has 82 valence electrons. The first-order chi connectivity index (χ1) is 7.74. The molecule has 0 radical (unpaired) electrons. The van der Waals surface area contributed by atoms with Gasteiger partial charge >= 0.3 is 6.03 Å². The van der Waals surface area contributed by atoms with Crippen LogP contribution in [0, 0.1) is 3.77 Å². The minimum Gasteiger partial charge on any atom is -0.348 e. The van der Waals surface area contributed by atoms with Gasteiger partial charge in [0.2, 0.25) is 0 Å². The van der Waals surface area contributed by atoms with Gasteiger partial charge in [-0.1, -0.05) is 23.4 Å². The van der Waals surface area contributed by atoms with E-state index in [0.29, 0.717) is 9.58 Å². The summed E-state index contributed by atoms with van der Waals surface area (Å²) >= 11 is 1.97. The summed E-state index contributed by atoms with van der Waals surface area (Å²) in [5, 5.41) is 8.86. The van der Waals surface area contributed by atoms with Crippen molar-refractivity contribution >= 4 is 40.1 Å². The van der Waals surface area contributed by atoms with Gasteiger partial charge in [-0.2, -0.15) is 0 Å². The molecule has 5 nitrogen and oxygen atoms in total. The standard InChI is InChI=1S/C10H8IN3O2/c11-8-6-9(14-16-8)13-10(15)12-7-4-2-1-3-5-7/h1-6H,(H2,12,13,14,15). The quantitative estimate of drug-likeness (QED) is 0.833. The van der Waals surface area contributed by atoms with Crippen molar-refractivity contribution in [3.8, 4) is 0 Å². The first-order valence-electron chi connectivity index (χ1n) is 4.49. The molecule has 0 saturated heterocycles. The number of aromatic nitrogens is 1. The summed E-state index contributed by atoms with van der Waals surface area (Å²) in [6.45, 7) is 0. The lowest BCUT2D eigenvalue weighted by atomic mass is 10.3. The fourth-order valence-corrected chi connectivity index (χ4v) is 1.51. The van der Waals surface area contributed by atoms with Crippen molar-refractivity contribution in [3.05, 3.63) is 40.2 Å². The fourth-order valence-electron chi connectivity index (χ4n) is 1.11. The highest BCUT2D eigenvalue weighted by Crippen LogP contribution is 2.11. The topological polar surface area (TPSA) is 67.2 Å². The van der Waals surface area contributed by atoms with Crippen LogP contribution >= 0.6 is 22.6 Å². The zero-order valence-corrected chi connectivity index (χ0v) is 10.3. The summed E-state index contributed by atoms with van der Waals surface area (Å²) in [6.07, 6.45) is 0. The van der Waals surface area contributed by atoms with Gasteiger partial charge in [-0.25, -0.2) is 4.79 Å². The Morgan fingerprint density at radius 1 is 1.25 bits per heavy atom. The summed E-state index contributed by atoms with van der Waals surface area (Å²) in [5.74, 6) is 0.387. The smallest absolute Gasteiger partial charge is 0.324 e. The van der Waals surface area contributed by atoms with E-state index in [1.165, 1.54) is 0 Å². The number of halogens is 1. The number of hydrogen-bond acceptors (Lipinski definition) is 3. The van der Waals surface area contributed by atoms with E-state index in [1.807, 2.05) is 40.8 Å². The highest BCUT2D eigenvalue weighted by atomic mass is 127. The van der Waals surface area contributed by atoms with E-state index in [2.05, 4.69) is 15.8 Å². The normalized spacial score (nSPS) is 9.81. The Hall–Kier alpha value is -1.57. The molecule has 2 rings (SSSR count). The summed E-state index contributed by atoms with van der Waals surface area (Å²) in [6, 6.07) is 10.4. The van der Waals surface area contributed by atoms with Crippen LogP contribution in [0.2, 0.25) is 0 Å². The van der Waals surface area contributed by atoms with E-state index in [1.54, 1.807) is 18.2 Å². The van der Waals surface area contributed by atoms with Crippen molar-refractivity contribution in [3.63, 3.8) is 0 Å². The second-order valence-electron chi connectivity index (χ2n) is 2.96. The predicted octanol–water partition coefficient (Wildman–Crippen LogP) is 2.92. The molecule has 0 bridgehead atoms. The van der Waals surface area contributed by atoms with Crippen molar-refractivity contribution in [2.24, 2.45) is 0 Å². The van der Waals surface area contributed by atoms with Crippen LogP contribution in [-0.4, -0.2) is 11.2 Å². The summed E-state index contributed by atoms with van der Waals surface area (Å²) < 4.78 is 5.43. The lowest BCUT2D eigenvalue weighted by Crippen LogP contribution is -2.19. The number of hydrogen-bond donors (Lipinski definition) is 2. The predicted molar refractivity (Wildman–Crippen MR) is 68.3 cm³/mol. The molecular formula is C10H8IN3O2. The molecular weight excluding hydrogens is 321 g/mol. The third-order valence-corrected chi connectivity index (χ3v) is 2.26. The number of carbonyl (C=O) groups is 1. The maximum Gasteiger partial charge on any atom is 0.324 e. The Morgan fingerprint density at radius 2 is 2.00 bits per heavy atom. The summed E-state index contributed by atoms with van der Waals surface area (Å²) in [5.41, 5.74) is 0.721. The number of nitrogens with one attached hydrogen (secondary N) is 2. The highest BCUT2D eigenvalue weighted by molar-refractivity contribution is 14.1. The second kappa shape index (κ2) is 4.97. The van der Waals surface area contributed by atoms with Crippen LogP contribution in [0.1, 0.15) is 0 Å². The zero-order chi connectivity index (χ0) is 11.4. The molecule has 1 heterocycles. The van der Waals surface area contributed by atoms with Crippen LogP contribution in [0.5, 0.6) is 0 Å². The number of rotatable bonds is 2. The number of para-hydroxylation sites is 1. The van der Waals surface area contributed by atoms with E-state index in [-0.39, 0.29) is 6.03 Å². The van der Waals surface area contributed by atoms with Crippen molar-refractivity contribution in [1.29, 1.82) is 0 Å². The molecule has 2 amide bonds. The number of nitrogens with zero attached hydrogens (tertiary/aromatic N) is 1. The molecule has 1 aromatic heterocycles. The van der Waals surface area contributed by atoms with Gasteiger partial charge in [0.25, 0.3) is 0 Å². The van der Waals surface area contributed by atoms with Gasteiger partial charge in [0, 0.05) is 34.3 Å². The lowest BCUT2D eigenvalue weighted by Gasteiger charge is -2.03. The summed E-state index contributed by atoms with van der Waals surface area (Å²) in [4.78, 5) is 11.5. The van der Waals surface area contributed by atoms with Gasteiger partial charge < -0.3 is 9.84 Å². The molecule has 0 aliphatic heterocycles. The number of amides is 2. The maximum atomic E-state index is 11.5. The Morgan fingerprint density at radius 3 is 2.62 bits per heavy atom. The third kappa shape index (κ3) is 2.96. The minimum absolute atomic E-state index is 0.351. The molecule has 0 unspecified atom stereocenters. The van der Waals surface area contributed by atoms with Crippen molar-refractivity contribution < 1.29 is 9.32 Å². The summed E-state index contributed by atoms with van der Waals surface area (Å²) in [7, 11) is 0. The van der Waals surface area contributed by atoms with Crippen LogP contribution in [0.15, 0.2) is 40.9 Å². The first-order valence-corrected chi connectivity index (χ1v) is 5.57. The molecule has 0 atom stereocenters. The van der Waals surface area contributed by atoms with E-state index in [4.69, 9.17) is 4.52 Å². The Kier molecular flexibility index (Phi) is 3.40. The first kappa shape index (κ1) is 10.9. The second-order valence-corrected chi connectivity index (χ2v) is 4.02. The van der Waals surface area contributed by atoms with Gasteiger partial charge in [0.15, 0.2) is 9.58 Å². The monoisotopic (exact) mass is 329 g/mol. The molecule has 6 heteroatoms. The van der Waals surface area contributed by atoms with Crippen LogP contribution in [-0.2, 0) is 0 Å². The molecule has 0 saturated carbocycles. The molecule has 0 aliphatic carbocycles. The average molecular weight is 329 g/mol. The molecule has 0 aliphatic rings. The van der Waals surface area contributed by atoms with Crippen LogP contribution in [0.25, 0.3) is 0 Å². The Labute approximate surface area is 105 Å².